The van der Waals surface area contributed by atoms with Gasteiger partial charge in [-0.2, -0.15) is 0 Å². The number of halogens is 1. The Morgan fingerprint density at radius 1 is 1.29 bits per heavy atom. The molecule has 1 rings (SSSR count). The molecular formula is C12H24FN. The van der Waals surface area contributed by atoms with Crippen molar-refractivity contribution in [1.82, 2.24) is 5.32 Å². The zero-order chi connectivity index (χ0) is 10.2. The fourth-order valence-corrected chi connectivity index (χ4v) is 2.46. The third-order valence-corrected chi connectivity index (χ3v) is 3.39. The lowest BCUT2D eigenvalue weighted by Gasteiger charge is -2.28. The van der Waals surface area contributed by atoms with Gasteiger partial charge in [-0.1, -0.05) is 26.2 Å². The smallest absolute Gasteiger partial charge is 0.0906 e. The highest BCUT2D eigenvalue weighted by molar-refractivity contribution is 4.73. The van der Waals surface area contributed by atoms with Gasteiger partial charge in [0.15, 0.2) is 0 Å². The van der Waals surface area contributed by atoms with Gasteiger partial charge in [0.2, 0.25) is 0 Å². The molecule has 1 saturated carbocycles. The van der Waals surface area contributed by atoms with Crippen molar-refractivity contribution in [3.05, 3.63) is 0 Å². The van der Waals surface area contributed by atoms with Crippen LogP contribution in [0.2, 0.25) is 0 Å². The van der Waals surface area contributed by atoms with E-state index in [1.165, 1.54) is 32.1 Å². The molecule has 0 aromatic heterocycles. The van der Waals surface area contributed by atoms with Crippen LogP contribution in [0.3, 0.4) is 0 Å². The van der Waals surface area contributed by atoms with Crippen molar-refractivity contribution in [2.45, 2.75) is 45.4 Å². The van der Waals surface area contributed by atoms with Crippen molar-refractivity contribution in [3.63, 3.8) is 0 Å². The minimum absolute atomic E-state index is 0.185. The monoisotopic (exact) mass is 201 g/mol. The molecule has 0 radical (unpaired) electrons. The van der Waals surface area contributed by atoms with E-state index in [-0.39, 0.29) is 6.67 Å². The van der Waals surface area contributed by atoms with Crippen LogP contribution in [-0.2, 0) is 0 Å². The van der Waals surface area contributed by atoms with Crippen molar-refractivity contribution in [2.75, 3.05) is 19.8 Å². The molecule has 1 N–H and O–H groups in total. The second-order valence-corrected chi connectivity index (χ2v) is 4.55. The largest absolute Gasteiger partial charge is 0.316 e. The molecule has 2 unspecified atom stereocenters. The quantitative estimate of drug-likeness (QED) is 0.651. The highest BCUT2D eigenvalue weighted by Gasteiger charge is 2.19. The molecule has 2 atom stereocenters. The third-order valence-electron chi connectivity index (χ3n) is 3.39. The second-order valence-electron chi connectivity index (χ2n) is 4.55. The van der Waals surface area contributed by atoms with Gasteiger partial charge in [-0.05, 0) is 44.2 Å². The predicted octanol–water partition coefficient (Wildman–Crippen LogP) is 3.15. The van der Waals surface area contributed by atoms with Gasteiger partial charge in [-0.3, -0.25) is 4.39 Å². The Kier molecular flexibility index (Phi) is 6.17. The van der Waals surface area contributed by atoms with Gasteiger partial charge >= 0.3 is 0 Å². The Labute approximate surface area is 87.5 Å². The highest BCUT2D eigenvalue weighted by Crippen LogP contribution is 2.30. The fourth-order valence-electron chi connectivity index (χ4n) is 2.46. The summed E-state index contributed by atoms with van der Waals surface area (Å²) in [6.07, 6.45) is 7.59. The van der Waals surface area contributed by atoms with Crippen molar-refractivity contribution in [3.8, 4) is 0 Å². The maximum absolute atomic E-state index is 11.8. The number of hydrogen-bond acceptors (Lipinski definition) is 1. The zero-order valence-corrected chi connectivity index (χ0v) is 9.40. The van der Waals surface area contributed by atoms with Gasteiger partial charge in [0.05, 0.1) is 6.67 Å². The number of hydrogen-bond donors (Lipinski definition) is 1. The Morgan fingerprint density at radius 2 is 2.07 bits per heavy atom. The van der Waals surface area contributed by atoms with Crippen LogP contribution in [0.1, 0.15) is 45.4 Å². The van der Waals surface area contributed by atoms with Gasteiger partial charge in [-0.25, -0.2) is 0 Å². The van der Waals surface area contributed by atoms with E-state index in [1.807, 2.05) is 0 Å². The van der Waals surface area contributed by atoms with E-state index in [4.69, 9.17) is 0 Å². The summed E-state index contributed by atoms with van der Waals surface area (Å²) in [5.74, 6) is 1.81. The lowest BCUT2D eigenvalue weighted by atomic mass is 9.80. The Bertz CT molecular complexity index is 138. The summed E-state index contributed by atoms with van der Waals surface area (Å²) in [7, 11) is 0. The minimum atomic E-state index is -0.185. The van der Waals surface area contributed by atoms with Crippen LogP contribution in [0.5, 0.6) is 0 Å². The molecule has 0 spiro atoms. The molecular weight excluding hydrogens is 177 g/mol. The Balaban J connectivity index is 2.05. The molecule has 1 aliphatic rings. The van der Waals surface area contributed by atoms with Crippen LogP contribution >= 0.6 is 0 Å². The molecule has 0 aromatic rings. The minimum Gasteiger partial charge on any atom is -0.316 e. The number of rotatable bonds is 6. The van der Waals surface area contributed by atoms with E-state index in [2.05, 4.69) is 12.2 Å². The highest BCUT2D eigenvalue weighted by atomic mass is 19.1. The van der Waals surface area contributed by atoms with E-state index in [1.54, 1.807) is 0 Å². The average Bonchev–Trinajstić information content (AvgIpc) is 2.25. The van der Waals surface area contributed by atoms with Crippen LogP contribution in [-0.4, -0.2) is 19.8 Å². The van der Waals surface area contributed by atoms with Crippen LogP contribution < -0.4 is 5.32 Å². The SMILES string of the molecule is CCC1CCCC(CNCCCF)C1. The van der Waals surface area contributed by atoms with E-state index in [0.717, 1.165) is 24.9 Å². The Hall–Kier alpha value is -0.110. The Morgan fingerprint density at radius 3 is 2.79 bits per heavy atom. The van der Waals surface area contributed by atoms with Crippen molar-refractivity contribution >= 4 is 0 Å². The van der Waals surface area contributed by atoms with Crippen LogP contribution in [0.15, 0.2) is 0 Å². The predicted molar refractivity (Wildman–Crippen MR) is 59.2 cm³/mol. The van der Waals surface area contributed by atoms with Crippen LogP contribution in [0.25, 0.3) is 0 Å². The molecule has 2 heteroatoms. The first kappa shape index (κ1) is 12.0. The van der Waals surface area contributed by atoms with E-state index in [0.29, 0.717) is 6.42 Å². The topological polar surface area (TPSA) is 12.0 Å². The average molecular weight is 201 g/mol. The van der Waals surface area contributed by atoms with Gasteiger partial charge < -0.3 is 5.32 Å². The molecule has 84 valence electrons. The van der Waals surface area contributed by atoms with Crippen molar-refractivity contribution < 1.29 is 4.39 Å². The normalized spacial score (nSPS) is 27.9. The van der Waals surface area contributed by atoms with Crippen molar-refractivity contribution in [1.29, 1.82) is 0 Å². The van der Waals surface area contributed by atoms with Crippen LogP contribution in [0.4, 0.5) is 4.39 Å². The lowest BCUT2D eigenvalue weighted by Crippen LogP contribution is -2.28. The lowest BCUT2D eigenvalue weighted by molar-refractivity contribution is 0.253. The first-order valence-electron chi connectivity index (χ1n) is 6.13. The van der Waals surface area contributed by atoms with Crippen molar-refractivity contribution in [2.24, 2.45) is 11.8 Å². The maximum atomic E-state index is 11.8. The standard InChI is InChI=1S/C12H24FN/c1-2-11-5-3-6-12(9-11)10-14-8-4-7-13/h11-12,14H,2-10H2,1H3. The summed E-state index contributed by atoms with van der Waals surface area (Å²) < 4.78 is 11.8. The van der Waals surface area contributed by atoms with E-state index < -0.39 is 0 Å². The summed E-state index contributed by atoms with van der Waals surface area (Å²) in [5.41, 5.74) is 0. The first-order chi connectivity index (χ1) is 6.86. The molecule has 0 saturated heterocycles. The van der Waals surface area contributed by atoms with Crippen LogP contribution in [0, 0.1) is 11.8 Å². The summed E-state index contributed by atoms with van der Waals surface area (Å²) >= 11 is 0. The molecule has 14 heavy (non-hydrogen) atoms. The summed E-state index contributed by atoms with van der Waals surface area (Å²) in [4.78, 5) is 0. The van der Waals surface area contributed by atoms with Gasteiger partial charge in [0.1, 0.15) is 0 Å². The maximum Gasteiger partial charge on any atom is 0.0906 e. The number of nitrogens with one attached hydrogen (secondary N) is 1. The van der Waals surface area contributed by atoms with E-state index in [9.17, 15) is 4.39 Å². The molecule has 0 aromatic carbocycles. The molecule has 1 aliphatic carbocycles. The molecule has 0 aliphatic heterocycles. The summed E-state index contributed by atoms with van der Waals surface area (Å²) in [5, 5.41) is 3.36. The summed E-state index contributed by atoms with van der Waals surface area (Å²) in [6, 6.07) is 0. The molecule has 0 bridgehead atoms. The molecule has 0 amide bonds. The van der Waals surface area contributed by atoms with Gasteiger partial charge in [-0.15, -0.1) is 0 Å². The molecule has 0 heterocycles. The zero-order valence-electron chi connectivity index (χ0n) is 9.40. The summed E-state index contributed by atoms with van der Waals surface area (Å²) in [6.45, 7) is 4.07. The molecule has 1 fully saturated rings. The molecule has 1 nitrogen and oxygen atoms in total. The fraction of sp³-hybridized carbons (Fsp3) is 1.00. The van der Waals surface area contributed by atoms with E-state index >= 15 is 0 Å². The second kappa shape index (κ2) is 7.22. The third kappa shape index (κ3) is 4.41. The number of alkyl halides is 1. The first-order valence-corrected chi connectivity index (χ1v) is 6.13. The van der Waals surface area contributed by atoms with Gasteiger partial charge in [0.25, 0.3) is 0 Å². The van der Waals surface area contributed by atoms with Gasteiger partial charge in [0, 0.05) is 0 Å².